The second-order valence-corrected chi connectivity index (χ2v) is 6.88. The second-order valence-electron chi connectivity index (χ2n) is 6.88. The Balaban J connectivity index is 0.00000512. The molecule has 0 fully saturated rings. The Kier molecular flexibility index (Phi) is 12.4. The molecule has 0 saturated heterocycles. The van der Waals surface area contributed by atoms with E-state index in [0.717, 1.165) is 11.1 Å². The van der Waals surface area contributed by atoms with Gasteiger partial charge in [0.1, 0.15) is 5.75 Å². The minimum Gasteiger partial charge on any atom is -0.494 e. The van der Waals surface area contributed by atoms with Gasteiger partial charge >= 0.3 is 0 Å². The van der Waals surface area contributed by atoms with E-state index in [1.54, 1.807) is 6.07 Å². The number of carbonyl (C=O) groups is 1. The van der Waals surface area contributed by atoms with Crippen molar-refractivity contribution in [2.45, 2.75) is 26.9 Å². The zero-order valence-electron chi connectivity index (χ0n) is 19.0. The number of guanidine groups is 1. The fourth-order valence-corrected chi connectivity index (χ4v) is 2.92. The minimum absolute atomic E-state index is 0. The first kappa shape index (κ1) is 27.5. The van der Waals surface area contributed by atoms with Crippen molar-refractivity contribution in [3.8, 4) is 11.5 Å². The maximum absolute atomic E-state index is 14.0. The van der Waals surface area contributed by atoms with Crippen molar-refractivity contribution in [2.75, 3.05) is 33.9 Å². The van der Waals surface area contributed by atoms with Crippen LogP contribution in [0.3, 0.4) is 0 Å². The molecule has 176 valence electrons. The van der Waals surface area contributed by atoms with E-state index < -0.39 is 0 Å². The van der Waals surface area contributed by atoms with Crippen LogP contribution in [0, 0.1) is 5.82 Å². The smallest absolute Gasteiger partial charge is 0.257 e. The molecule has 2 aromatic carbocycles. The van der Waals surface area contributed by atoms with Crippen molar-refractivity contribution in [1.82, 2.24) is 15.5 Å². The fraction of sp³-hybridized carbons (Fsp3) is 0.391. The van der Waals surface area contributed by atoms with Gasteiger partial charge in [-0.3, -0.25) is 4.79 Å². The van der Waals surface area contributed by atoms with Crippen LogP contribution in [-0.2, 0) is 17.9 Å². The quantitative estimate of drug-likeness (QED) is 0.265. The summed E-state index contributed by atoms with van der Waals surface area (Å²) in [5, 5.41) is 5.95. The van der Waals surface area contributed by atoms with Crippen LogP contribution in [-0.4, -0.2) is 50.6 Å². The van der Waals surface area contributed by atoms with E-state index in [9.17, 15) is 9.18 Å². The first-order valence-electron chi connectivity index (χ1n) is 10.3. The highest BCUT2D eigenvalue weighted by Gasteiger charge is 2.10. The van der Waals surface area contributed by atoms with E-state index in [4.69, 9.17) is 9.47 Å². The molecule has 32 heavy (non-hydrogen) atoms. The van der Waals surface area contributed by atoms with Gasteiger partial charge in [0, 0.05) is 26.7 Å². The third kappa shape index (κ3) is 8.89. The van der Waals surface area contributed by atoms with Crippen LogP contribution in [0.4, 0.5) is 4.39 Å². The van der Waals surface area contributed by atoms with Crippen molar-refractivity contribution in [3.05, 3.63) is 59.4 Å². The van der Waals surface area contributed by atoms with E-state index in [1.165, 1.54) is 13.2 Å². The first-order valence-corrected chi connectivity index (χ1v) is 10.3. The molecule has 0 aliphatic rings. The summed E-state index contributed by atoms with van der Waals surface area (Å²) in [7, 11) is 3.34. The summed E-state index contributed by atoms with van der Waals surface area (Å²) in [6.45, 7) is 6.03. The van der Waals surface area contributed by atoms with Crippen molar-refractivity contribution in [2.24, 2.45) is 4.99 Å². The van der Waals surface area contributed by atoms with Gasteiger partial charge in [-0.05, 0) is 49.2 Å². The molecule has 0 atom stereocenters. The number of methoxy groups -OCH3 is 1. The van der Waals surface area contributed by atoms with Crippen molar-refractivity contribution in [3.63, 3.8) is 0 Å². The number of rotatable bonds is 10. The van der Waals surface area contributed by atoms with Crippen LogP contribution in [0.2, 0.25) is 0 Å². The number of amides is 1. The third-order valence-electron chi connectivity index (χ3n) is 4.39. The normalized spacial score (nSPS) is 10.7. The predicted molar refractivity (Wildman–Crippen MR) is 135 cm³/mol. The summed E-state index contributed by atoms with van der Waals surface area (Å²) in [5.41, 5.74) is 1.76. The summed E-state index contributed by atoms with van der Waals surface area (Å²) in [5.74, 6) is 0.997. The van der Waals surface area contributed by atoms with Gasteiger partial charge in [-0.25, -0.2) is 9.38 Å². The van der Waals surface area contributed by atoms with Crippen LogP contribution in [0.5, 0.6) is 11.5 Å². The SMILES string of the molecule is CCNC(=O)COc1cccc(CN=C(NCC)N(C)Cc2ccc(OC)c(F)c2)c1.I. The Hall–Kier alpha value is -2.56. The number of ether oxygens (including phenoxy) is 2. The average molecular weight is 558 g/mol. The molecule has 2 rings (SSSR count). The number of hydrogen-bond acceptors (Lipinski definition) is 4. The lowest BCUT2D eigenvalue weighted by Crippen LogP contribution is -2.38. The van der Waals surface area contributed by atoms with Gasteiger partial charge in [0.25, 0.3) is 5.91 Å². The highest BCUT2D eigenvalue weighted by atomic mass is 127. The molecule has 1 amide bonds. The molecule has 0 radical (unpaired) electrons. The molecule has 2 N–H and O–H groups in total. The highest BCUT2D eigenvalue weighted by Crippen LogP contribution is 2.19. The van der Waals surface area contributed by atoms with Crippen LogP contribution in [0.15, 0.2) is 47.5 Å². The van der Waals surface area contributed by atoms with Gasteiger partial charge < -0.3 is 25.0 Å². The average Bonchev–Trinajstić information content (AvgIpc) is 2.76. The molecule has 0 heterocycles. The van der Waals surface area contributed by atoms with E-state index in [1.807, 2.05) is 56.1 Å². The maximum atomic E-state index is 14.0. The largest absolute Gasteiger partial charge is 0.494 e. The van der Waals surface area contributed by atoms with E-state index in [0.29, 0.717) is 37.9 Å². The molecular formula is C23H32FIN4O3. The first-order chi connectivity index (χ1) is 15.0. The Bertz CT molecular complexity index is 895. The number of halogens is 2. The van der Waals surface area contributed by atoms with Gasteiger partial charge in [0.05, 0.1) is 13.7 Å². The molecule has 0 aliphatic heterocycles. The molecule has 0 aromatic heterocycles. The van der Waals surface area contributed by atoms with Crippen molar-refractivity contribution in [1.29, 1.82) is 0 Å². The third-order valence-corrected chi connectivity index (χ3v) is 4.39. The van der Waals surface area contributed by atoms with Gasteiger partial charge in [0.15, 0.2) is 24.1 Å². The number of hydrogen-bond donors (Lipinski definition) is 2. The number of aliphatic imine (C=N–C) groups is 1. The molecular weight excluding hydrogens is 526 g/mol. The molecule has 0 saturated carbocycles. The summed E-state index contributed by atoms with van der Waals surface area (Å²) in [6.07, 6.45) is 0. The van der Waals surface area contributed by atoms with E-state index >= 15 is 0 Å². The zero-order valence-corrected chi connectivity index (χ0v) is 21.3. The second kappa shape index (κ2) is 14.5. The van der Waals surface area contributed by atoms with Crippen LogP contribution >= 0.6 is 24.0 Å². The summed E-state index contributed by atoms with van der Waals surface area (Å²) < 4.78 is 24.5. The minimum atomic E-state index is -0.389. The monoisotopic (exact) mass is 558 g/mol. The lowest BCUT2D eigenvalue weighted by molar-refractivity contribution is -0.122. The standard InChI is InChI=1S/C23H31FN4O3.HI/c1-5-25-22(29)16-31-19-9-7-8-17(12-19)14-27-23(26-6-2)28(3)15-18-10-11-21(30-4)20(24)13-18;/h7-13H,5-6,14-16H2,1-4H3,(H,25,29)(H,26,27);1H. The Morgan fingerprint density at radius 1 is 1.09 bits per heavy atom. The molecule has 0 spiro atoms. The lowest BCUT2D eigenvalue weighted by Gasteiger charge is -2.22. The molecule has 0 aliphatic carbocycles. The van der Waals surface area contributed by atoms with E-state index in [2.05, 4.69) is 15.6 Å². The maximum Gasteiger partial charge on any atom is 0.257 e. The topological polar surface area (TPSA) is 75.2 Å². The fourth-order valence-electron chi connectivity index (χ4n) is 2.92. The van der Waals surface area contributed by atoms with Crippen molar-refractivity contribution >= 4 is 35.8 Å². The van der Waals surface area contributed by atoms with Crippen LogP contribution in [0.1, 0.15) is 25.0 Å². The lowest BCUT2D eigenvalue weighted by atomic mass is 10.2. The molecule has 2 aromatic rings. The van der Waals surface area contributed by atoms with Gasteiger partial charge in [-0.15, -0.1) is 24.0 Å². The van der Waals surface area contributed by atoms with Gasteiger partial charge in [-0.2, -0.15) is 0 Å². The Morgan fingerprint density at radius 3 is 2.50 bits per heavy atom. The van der Waals surface area contributed by atoms with Crippen molar-refractivity contribution < 1.29 is 18.7 Å². The number of likely N-dealkylation sites (N-methyl/N-ethyl adjacent to an activating group) is 1. The molecule has 0 bridgehead atoms. The Labute approximate surface area is 206 Å². The van der Waals surface area contributed by atoms with E-state index in [-0.39, 0.29) is 48.1 Å². The molecule has 9 heteroatoms. The summed E-state index contributed by atoms with van der Waals surface area (Å²) in [4.78, 5) is 18.2. The Morgan fingerprint density at radius 2 is 1.84 bits per heavy atom. The van der Waals surface area contributed by atoms with Crippen LogP contribution in [0.25, 0.3) is 0 Å². The number of carbonyl (C=O) groups excluding carboxylic acids is 1. The summed E-state index contributed by atoms with van der Waals surface area (Å²) in [6, 6.07) is 12.4. The highest BCUT2D eigenvalue weighted by molar-refractivity contribution is 14.0. The van der Waals surface area contributed by atoms with Gasteiger partial charge in [0.2, 0.25) is 0 Å². The number of benzene rings is 2. The molecule has 7 nitrogen and oxygen atoms in total. The number of nitrogens with one attached hydrogen (secondary N) is 2. The van der Waals surface area contributed by atoms with Crippen LogP contribution < -0.4 is 20.1 Å². The number of nitrogens with zero attached hydrogens (tertiary/aromatic N) is 2. The predicted octanol–water partition coefficient (Wildman–Crippen LogP) is 3.56. The molecule has 0 unspecified atom stereocenters. The summed E-state index contributed by atoms with van der Waals surface area (Å²) >= 11 is 0. The van der Waals surface area contributed by atoms with Gasteiger partial charge in [-0.1, -0.05) is 18.2 Å². The zero-order chi connectivity index (χ0) is 22.6.